The largest absolute Gasteiger partial charge is 0.490 e. The van der Waals surface area contributed by atoms with Crippen molar-refractivity contribution in [2.24, 2.45) is 5.92 Å². The Balaban J connectivity index is 0.812. The zero-order chi connectivity index (χ0) is 40.0. The highest BCUT2D eigenvalue weighted by Crippen LogP contribution is 2.35. The first kappa shape index (κ1) is 38.3. The summed E-state index contributed by atoms with van der Waals surface area (Å²) in [6.45, 7) is 11.1. The normalized spacial score (nSPS) is 21.6. The SMILES string of the molecule is Cc1cc(-n2c(=O)n(CCCN3CCC(CN(C(C)C)C4CC(Oc5ccc6c(c5)C(=O)N(C5CCC(=O)NC5=O)C6=O)C4)CC3)c3ccccc32)ccc1C#N. The maximum Gasteiger partial charge on any atom is 0.333 e. The molecule has 0 radical (unpaired) electrons. The van der Waals surface area contributed by atoms with Crippen LogP contribution in [0.5, 0.6) is 5.75 Å². The summed E-state index contributed by atoms with van der Waals surface area (Å²) >= 11 is 0. The van der Waals surface area contributed by atoms with Crippen molar-refractivity contribution >= 4 is 34.7 Å². The third kappa shape index (κ3) is 7.40. The minimum Gasteiger partial charge on any atom is -0.490 e. The van der Waals surface area contributed by atoms with Crippen LogP contribution in [0.15, 0.2) is 65.5 Å². The van der Waals surface area contributed by atoms with Crippen molar-refractivity contribution in [3.8, 4) is 17.5 Å². The third-order valence-corrected chi connectivity index (χ3v) is 12.4. The Labute approximate surface area is 331 Å². The number of aryl methyl sites for hydroxylation is 2. The summed E-state index contributed by atoms with van der Waals surface area (Å²) < 4.78 is 9.94. The lowest BCUT2D eigenvalue weighted by Crippen LogP contribution is -2.54. The van der Waals surface area contributed by atoms with E-state index >= 15 is 0 Å². The van der Waals surface area contributed by atoms with E-state index in [2.05, 4.69) is 35.0 Å². The minimum absolute atomic E-state index is 0.00403. The summed E-state index contributed by atoms with van der Waals surface area (Å²) in [5, 5.41) is 11.6. The molecule has 3 aromatic carbocycles. The molecule has 0 bridgehead atoms. The average Bonchev–Trinajstić information content (AvgIpc) is 3.60. The number of carbonyl (C=O) groups is 4. The molecule has 13 heteroatoms. The maximum absolute atomic E-state index is 13.8. The topological polar surface area (TPSA) is 150 Å². The molecule has 4 aliphatic rings. The van der Waals surface area contributed by atoms with Crippen LogP contribution in [0.25, 0.3) is 16.7 Å². The van der Waals surface area contributed by atoms with Crippen LogP contribution in [0.3, 0.4) is 0 Å². The van der Waals surface area contributed by atoms with Crippen LogP contribution in [0.1, 0.15) is 90.6 Å². The number of amides is 4. The van der Waals surface area contributed by atoms with E-state index in [4.69, 9.17) is 4.74 Å². The molecule has 4 amide bonds. The molecule has 57 heavy (non-hydrogen) atoms. The molecule has 13 nitrogen and oxygen atoms in total. The first-order valence-corrected chi connectivity index (χ1v) is 20.2. The van der Waals surface area contributed by atoms with Crippen LogP contribution in [-0.4, -0.2) is 97.9 Å². The van der Waals surface area contributed by atoms with Crippen molar-refractivity contribution in [3.63, 3.8) is 0 Å². The number of hydrogen-bond acceptors (Lipinski definition) is 9. The van der Waals surface area contributed by atoms with Gasteiger partial charge in [0, 0.05) is 44.4 Å². The van der Waals surface area contributed by atoms with Crippen molar-refractivity contribution < 1.29 is 23.9 Å². The molecule has 1 saturated carbocycles. The standard InChI is InChI=1S/C44H49N7O6/c1-27(2)49(32-22-34(23-32)57-33-11-12-35-36(24-33)43(55)51(42(35)54)39-13-14-40(52)46-41(39)53)26-29-15-19-47(20-16-29)17-6-18-48-37-7-4-5-8-38(37)50(44(48)56)31-10-9-30(25-45)28(3)21-31/h4-5,7-12,21,24,27,29,32,34,39H,6,13-20,22-23,26H2,1-3H3,(H,46,52,53). The van der Waals surface area contributed by atoms with Gasteiger partial charge in [-0.05, 0) is 126 Å². The van der Waals surface area contributed by atoms with Crippen LogP contribution in [-0.2, 0) is 16.1 Å². The van der Waals surface area contributed by atoms with Gasteiger partial charge in [-0.1, -0.05) is 12.1 Å². The number of aromatic nitrogens is 2. The first-order valence-electron chi connectivity index (χ1n) is 20.2. The number of piperidine rings is 2. The fraction of sp³-hybridized carbons (Fsp3) is 0.455. The van der Waals surface area contributed by atoms with E-state index in [9.17, 15) is 29.2 Å². The number of imidazole rings is 1. The lowest BCUT2D eigenvalue weighted by molar-refractivity contribution is -0.136. The maximum atomic E-state index is 13.8. The number of rotatable bonds is 12. The Hall–Kier alpha value is -5.58. The van der Waals surface area contributed by atoms with E-state index in [1.54, 1.807) is 28.8 Å². The van der Waals surface area contributed by atoms with Gasteiger partial charge >= 0.3 is 5.69 Å². The van der Waals surface area contributed by atoms with E-state index in [-0.39, 0.29) is 35.8 Å². The summed E-state index contributed by atoms with van der Waals surface area (Å²) in [5.74, 6) is -0.945. The van der Waals surface area contributed by atoms with Crippen LogP contribution < -0.4 is 15.7 Å². The monoisotopic (exact) mass is 771 g/mol. The molecule has 1 aromatic heterocycles. The Kier molecular flexibility index (Phi) is 10.6. The number of imide groups is 2. The van der Waals surface area contributed by atoms with Crippen LogP contribution >= 0.6 is 0 Å². The number of likely N-dealkylation sites (tertiary alicyclic amines) is 1. The Morgan fingerprint density at radius 1 is 0.895 bits per heavy atom. The first-order chi connectivity index (χ1) is 27.5. The molecule has 296 valence electrons. The van der Waals surface area contributed by atoms with E-state index in [1.807, 2.05) is 47.9 Å². The zero-order valence-electron chi connectivity index (χ0n) is 32.8. The number of benzene rings is 3. The minimum atomic E-state index is -0.995. The van der Waals surface area contributed by atoms with Crippen molar-refractivity contribution in [3.05, 3.63) is 93.4 Å². The number of carbonyl (C=O) groups excluding carboxylic acids is 4. The van der Waals surface area contributed by atoms with E-state index in [0.29, 0.717) is 35.9 Å². The summed E-state index contributed by atoms with van der Waals surface area (Å²) in [4.78, 5) is 70.3. The van der Waals surface area contributed by atoms with Gasteiger partial charge in [0.1, 0.15) is 17.9 Å². The predicted molar refractivity (Wildman–Crippen MR) is 213 cm³/mol. The number of nitrogens with zero attached hydrogens (tertiary/aromatic N) is 6. The predicted octanol–water partition coefficient (Wildman–Crippen LogP) is 4.80. The van der Waals surface area contributed by atoms with Gasteiger partial charge in [-0.15, -0.1) is 0 Å². The lowest BCUT2D eigenvalue weighted by atomic mass is 9.85. The number of para-hydroxylation sites is 2. The molecule has 1 aliphatic carbocycles. The van der Waals surface area contributed by atoms with Gasteiger partial charge < -0.3 is 9.64 Å². The number of hydrogen-bond donors (Lipinski definition) is 1. The molecule has 1 unspecified atom stereocenters. The molecule has 1 atom stereocenters. The highest BCUT2D eigenvalue weighted by Gasteiger charge is 2.45. The van der Waals surface area contributed by atoms with E-state index < -0.39 is 29.7 Å². The van der Waals surface area contributed by atoms with Gasteiger partial charge in [0.05, 0.1) is 39.5 Å². The second kappa shape index (κ2) is 15.8. The van der Waals surface area contributed by atoms with Crippen LogP contribution in [0, 0.1) is 24.2 Å². The number of fused-ring (bicyclic) bond motifs is 2. The Bertz CT molecular complexity index is 2340. The fourth-order valence-electron chi connectivity index (χ4n) is 9.13. The summed E-state index contributed by atoms with van der Waals surface area (Å²) in [5.41, 5.74) is 4.41. The van der Waals surface area contributed by atoms with Gasteiger partial charge in [-0.25, -0.2) is 4.79 Å². The Morgan fingerprint density at radius 3 is 2.33 bits per heavy atom. The van der Waals surface area contributed by atoms with Gasteiger partial charge in [0.25, 0.3) is 11.8 Å². The highest BCUT2D eigenvalue weighted by atomic mass is 16.5. The highest BCUT2D eigenvalue weighted by molar-refractivity contribution is 6.23. The molecular formula is C44H49N7O6. The number of ether oxygens (including phenoxy) is 1. The zero-order valence-corrected chi connectivity index (χ0v) is 32.8. The third-order valence-electron chi connectivity index (χ3n) is 12.4. The molecule has 3 aliphatic heterocycles. The van der Waals surface area contributed by atoms with Gasteiger partial charge in [-0.2, -0.15) is 5.26 Å². The average molecular weight is 772 g/mol. The van der Waals surface area contributed by atoms with E-state index in [0.717, 1.165) is 85.5 Å². The lowest BCUT2D eigenvalue weighted by Gasteiger charge is -2.46. The van der Waals surface area contributed by atoms with E-state index in [1.165, 1.54) is 0 Å². The number of nitrogens with one attached hydrogen (secondary N) is 1. The van der Waals surface area contributed by atoms with Crippen molar-refractivity contribution in [2.75, 3.05) is 26.2 Å². The molecule has 1 N–H and O–H groups in total. The summed E-state index contributed by atoms with van der Waals surface area (Å²) in [6, 6.07) is 20.4. The quantitative estimate of drug-likeness (QED) is 0.201. The molecule has 4 aromatic rings. The second-order valence-electron chi connectivity index (χ2n) is 16.3. The second-order valence-corrected chi connectivity index (χ2v) is 16.3. The smallest absolute Gasteiger partial charge is 0.333 e. The van der Waals surface area contributed by atoms with Gasteiger partial charge in [-0.3, -0.25) is 43.4 Å². The number of nitriles is 1. The van der Waals surface area contributed by atoms with Gasteiger partial charge in [0.15, 0.2) is 0 Å². The van der Waals surface area contributed by atoms with Crippen molar-refractivity contribution in [1.29, 1.82) is 5.26 Å². The molecule has 3 fully saturated rings. The van der Waals surface area contributed by atoms with Crippen molar-refractivity contribution in [2.45, 2.75) is 96.5 Å². The molecule has 2 saturated heterocycles. The summed E-state index contributed by atoms with van der Waals surface area (Å²) in [6.07, 6.45) is 5.10. The molecule has 4 heterocycles. The van der Waals surface area contributed by atoms with Crippen LogP contribution in [0.2, 0.25) is 0 Å². The molecular weight excluding hydrogens is 723 g/mol. The van der Waals surface area contributed by atoms with Crippen LogP contribution in [0.4, 0.5) is 0 Å². The van der Waals surface area contributed by atoms with Gasteiger partial charge in [0.2, 0.25) is 11.8 Å². The Morgan fingerprint density at radius 2 is 1.63 bits per heavy atom. The molecule has 8 rings (SSSR count). The summed E-state index contributed by atoms with van der Waals surface area (Å²) in [7, 11) is 0. The molecule has 0 spiro atoms. The fourth-order valence-corrected chi connectivity index (χ4v) is 9.13. The van der Waals surface area contributed by atoms with Crippen molar-refractivity contribution in [1.82, 2.24) is 29.2 Å².